The number of hydrogen-bond acceptors (Lipinski definition) is 2. The van der Waals surface area contributed by atoms with Gasteiger partial charge in [0.15, 0.2) is 0 Å². The van der Waals surface area contributed by atoms with E-state index in [9.17, 15) is 0 Å². The molecule has 0 spiro atoms. The van der Waals surface area contributed by atoms with Crippen LogP contribution >= 0.6 is 0 Å². The molecule has 0 N–H and O–H groups in total. The summed E-state index contributed by atoms with van der Waals surface area (Å²) in [6.07, 6.45) is 2.44. The summed E-state index contributed by atoms with van der Waals surface area (Å²) >= 11 is 0. The Morgan fingerprint density at radius 1 is 1.58 bits per heavy atom. The standard InChI is InChI=1S/C10H20N2/c1-4-6-11-10-8-12(3)7-5-9(10)2/h9H,4-8H2,1-3H3. The lowest BCUT2D eigenvalue weighted by Crippen LogP contribution is -2.37. The van der Waals surface area contributed by atoms with E-state index in [-0.39, 0.29) is 0 Å². The van der Waals surface area contributed by atoms with Gasteiger partial charge >= 0.3 is 0 Å². The highest BCUT2D eigenvalue weighted by Gasteiger charge is 2.18. The van der Waals surface area contributed by atoms with E-state index in [2.05, 4.69) is 30.8 Å². The Bertz CT molecular complexity index is 163. The van der Waals surface area contributed by atoms with Crippen LogP contribution in [0.5, 0.6) is 0 Å². The highest BCUT2D eigenvalue weighted by Crippen LogP contribution is 2.12. The van der Waals surface area contributed by atoms with Crippen molar-refractivity contribution in [2.75, 3.05) is 26.7 Å². The maximum atomic E-state index is 4.61. The largest absolute Gasteiger partial charge is 0.301 e. The molecular weight excluding hydrogens is 148 g/mol. The molecule has 0 radical (unpaired) electrons. The van der Waals surface area contributed by atoms with E-state index in [1.54, 1.807) is 0 Å². The molecule has 1 atom stereocenters. The van der Waals surface area contributed by atoms with Gasteiger partial charge in [-0.05, 0) is 32.4 Å². The van der Waals surface area contributed by atoms with E-state index < -0.39 is 0 Å². The number of aliphatic imine (C=N–C) groups is 1. The van der Waals surface area contributed by atoms with Gasteiger partial charge in [0.05, 0.1) is 0 Å². The Labute approximate surface area is 75.7 Å². The average molecular weight is 168 g/mol. The van der Waals surface area contributed by atoms with E-state index in [0.29, 0.717) is 5.92 Å². The Morgan fingerprint density at radius 2 is 2.33 bits per heavy atom. The van der Waals surface area contributed by atoms with Gasteiger partial charge in [-0.1, -0.05) is 13.8 Å². The molecule has 0 amide bonds. The number of piperidine rings is 1. The number of rotatable bonds is 2. The van der Waals surface area contributed by atoms with Crippen LogP contribution in [0.4, 0.5) is 0 Å². The SMILES string of the molecule is CCCN=C1CN(C)CCC1C. The van der Waals surface area contributed by atoms with Gasteiger partial charge in [-0.3, -0.25) is 4.99 Å². The molecule has 0 bridgehead atoms. The molecule has 2 nitrogen and oxygen atoms in total. The quantitative estimate of drug-likeness (QED) is 0.614. The first-order chi connectivity index (χ1) is 5.74. The molecule has 2 heteroatoms. The van der Waals surface area contributed by atoms with Gasteiger partial charge in [-0.2, -0.15) is 0 Å². The normalized spacial score (nSPS) is 29.6. The van der Waals surface area contributed by atoms with Gasteiger partial charge in [-0.15, -0.1) is 0 Å². The summed E-state index contributed by atoms with van der Waals surface area (Å²) in [7, 11) is 2.17. The van der Waals surface area contributed by atoms with Crippen LogP contribution in [0.1, 0.15) is 26.7 Å². The third-order valence-electron chi connectivity index (χ3n) is 2.48. The summed E-state index contributed by atoms with van der Waals surface area (Å²) in [5.41, 5.74) is 1.41. The zero-order valence-electron chi connectivity index (χ0n) is 8.51. The summed E-state index contributed by atoms with van der Waals surface area (Å²) < 4.78 is 0. The van der Waals surface area contributed by atoms with E-state index in [4.69, 9.17) is 0 Å². The molecular formula is C10H20N2. The van der Waals surface area contributed by atoms with Crippen molar-refractivity contribution < 1.29 is 0 Å². The summed E-state index contributed by atoms with van der Waals surface area (Å²) in [5, 5.41) is 0. The van der Waals surface area contributed by atoms with Crippen LogP contribution in [-0.4, -0.2) is 37.3 Å². The molecule has 1 heterocycles. The maximum Gasteiger partial charge on any atom is 0.0386 e. The summed E-state index contributed by atoms with van der Waals surface area (Å²) in [6, 6.07) is 0. The van der Waals surface area contributed by atoms with Crippen LogP contribution in [0.25, 0.3) is 0 Å². The topological polar surface area (TPSA) is 15.6 Å². The van der Waals surface area contributed by atoms with Crippen LogP contribution in [0.2, 0.25) is 0 Å². The molecule has 0 aromatic carbocycles. The number of nitrogens with zero attached hydrogens (tertiary/aromatic N) is 2. The average Bonchev–Trinajstić information content (AvgIpc) is 2.07. The fourth-order valence-corrected chi connectivity index (χ4v) is 1.55. The van der Waals surface area contributed by atoms with Crippen molar-refractivity contribution in [3.05, 3.63) is 0 Å². The Balaban J connectivity index is 2.48. The third kappa shape index (κ3) is 2.59. The minimum absolute atomic E-state index is 0.716. The Kier molecular flexibility index (Phi) is 3.73. The monoisotopic (exact) mass is 168 g/mol. The lowest BCUT2D eigenvalue weighted by atomic mass is 9.97. The minimum Gasteiger partial charge on any atom is -0.301 e. The van der Waals surface area contributed by atoms with Gasteiger partial charge in [0.25, 0.3) is 0 Å². The van der Waals surface area contributed by atoms with Crippen LogP contribution in [0.3, 0.4) is 0 Å². The fourth-order valence-electron chi connectivity index (χ4n) is 1.55. The van der Waals surface area contributed by atoms with Gasteiger partial charge in [0.1, 0.15) is 0 Å². The van der Waals surface area contributed by atoms with Gasteiger partial charge in [-0.25, -0.2) is 0 Å². The molecule has 70 valence electrons. The first kappa shape index (κ1) is 9.72. The van der Waals surface area contributed by atoms with Crippen molar-refractivity contribution in [1.29, 1.82) is 0 Å². The number of hydrogen-bond donors (Lipinski definition) is 0. The van der Waals surface area contributed by atoms with Crippen LogP contribution < -0.4 is 0 Å². The predicted molar refractivity (Wildman–Crippen MR) is 53.9 cm³/mol. The van der Waals surface area contributed by atoms with Gasteiger partial charge < -0.3 is 4.90 Å². The maximum absolute atomic E-state index is 4.61. The van der Waals surface area contributed by atoms with Crippen LogP contribution in [0.15, 0.2) is 4.99 Å². The molecule has 1 aliphatic heterocycles. The second kappa shape index (κ2) is 4.61. The van der Waals surface area contributed by atoms with Gasteiger partial charge in [0.2, 0.25) is 0 Å². The summed E-state index contributed by atoms with van der Waals surface area (Å²) in [6.45, 7) is 7.80. The summed E-state index contributed by atoms with van der Waals surface area (Å²) in [4.78, 5) is 6.96. The molecule has 0 aromatic rings. The van der Waals surface area contributed by atoms with Crippen molar-refractivity contribution in [3.8, 4) is 0 Å². The van der Waals surface area contributed by atoms with E-state index >= 15 is 0 Å². The van der Waals surface area contributed by atoms with Crippen molar-refractivity contribution in [2.24, 2.45) is 10.9 Å². The molecule has 0 aromatic heterocycles. The molecule has 1 fully saturated rings. The van der Waals surface area contributed by atoms with Crippen molar-refractivity contribution in [3.63, 3.8) is 0 Å². The third-order valence-corrected chi connectivity index (χ3v) is 2.48. The Morgan fingerprint density at radius 3 is 3.00 bits per heavy atom. The van der Waals surface area contributed by atoms with E-state index in [1.165, 1.54) is 25.1 Å². The highest BCUT2D eigenvalue weighted by atomic mass is 15.1. The highest BCUT2D eigenvalue weighted by molar-refractivity contribution is 5.89. The molecule has 12 heavy (non-hydrogen) atoms. The van der Waals surface area contributed by atoms with E-state index in [1.807, 2.05) is 0 Å². The predicted octanol–water partition coefficient (Wildman–Crippen LogP) is 1.81. The zero-order valence-corrected chi connectivity index (χ0v) is 8.51. The van der Waals surface area contributed by atoms with Crippen LogP contribution in [-0.2, 0) is 0 Å². The Hall–Kier alpha value is -0.370. The second-order valence-corrected chi connectivity index (χ2v) is 3.80. The summed E-state index contributed by atoms with van der Waals surface area (Å²) in [5.74, 6) is 0.716. The first-order valence-corrected chi connectivity index (χ1v) is 4.95. The minimum atomic E-state index is 0.716. The van der Waals surface area contributed by atoms with Gasteiger partial charge in [0, 0.05) is 18.8 Å². The zero-order chi connectivity index (χ0) is 8.97. The molecule has 1 saturated heterocycles. The van der Waals surface area contributed by atoms with Crippen molar-refractivity contribution >= 4 is 5.71 Å². The van der Waals surface area contributed by atoms with Crippen molar-refractivity contribution in [1.82, 2.24) is 4.90 Å². The first-order valence-electron chi connectivity index (χ1n) is 4.95. The fraction of sp³-hybridized carbons (Fsp3) is 0.900. The molecule has 0 aliphatic carbocycles. The molecule has 1 unspecified atom stereocenters. The molecule has 1 rings (SSSR count). The molecule has 1 aliphatic rings. The van der Waals surface area contributed by atoms with E-state index in [0.717, 1.165) is 13.1 Å². The smallest absolute Gasteiger partial charge is 0.0386 e. The lowest BCUT2D eigenvalue weighted by molar-refractivity contribution is 0.327. The second-order valence-electron chi connectivity index (χ2n) is 3.80. The number of likely N-dealkylation sites (tertiary alicyclic amines) is 1. The van der Waals surface area contributed by atoms with Crippen LogP contribution in [0, 0.1) is 5.92 Å². The lowest BCUT2D eigenvalue weighted by Gasteiger charge is -2.28. The van der Waals surface area contributed by atoms with Crippen molar-refractivity contribution in [2.45, 2.75) is 26.7 Å². The molecule has 0 saturated carbocycles.